The maximum atomic E-state index is 5.15. The van der Waals surface area contributed by atoms with Gasteiger partial charge in [0.25, 0.3) is 0 Å². The van der Waals surface area contributed by atoms with Crippen molar-refractivity contribution in [2.24, 2.45) is 0 Å². The zero-order valence-electron chi connectivity index (χ0n) is 8.85. The van der Waals surface area contributed by atoms with Crippen LogP contribution in [-0.4, -0.2) is 12.1 Å². The summed E-state index contributed by atoms with van der Waals surface area (Å²) in [5, 5.41) is 0. The van der Waals surface area contributed by atoms with Gasteiger partial charge >= 0.3 is 0 Å². The third-order valence-corrected chi connectivity index (χ3v) is 2.22. The van der Waals surface area contributed by atoms with Crippen molar-refractivity contribution in [3.05, 3.63) is 28.6 Å². The highest BCUT2D eigenvalue weighted by molar-refractivity contribution is 5.31. The van der Waals surface area contributed by atoms with E-state index in [4.69, 9.17) is 4.74 Å². The van der Waals surface area contributed by atoms with Crippen molar-refractivity contribution in [1.82, 2.24) is 4.98 Å². The lowest BCUT2D eigenvalue weighted by molar-refractivity contribution is 0.183. The van der Waals surface area contributed by atoms with Gasteiger partial charge in [0.05, 0.1) is 6.61 Å². The first-order valence-electron chi connectivity index (χ1n) is 4.64. The SMILES string of the molecule is CCc1cc(C)nc(C)c1COC. The molecule has 0 aliphatic rings. The van der Waals surface area contributed by atoms with Gasteiger partial charge in [-0.1, -0.05) is 6.92 Å². The standard InChI is InChI=1S/C11H17NO/c1-5-10-6-8(2)12-9(3)11(10)7-13-4/h6H,5,7H2,1-4H3. The van der Waals surface area contributed by atoms with Gasteiger partial charge in [-0.15, -0.1) is 0 Å². The molecule has 2 heteroatoms. The fourth-order valence-corrected chi connectivity index (χ4v) is 1.59. The quantitative estimate of drug-likeness (QED) is 0.711. The smallest absolute Gasteiger partial charge is 0.0733 e. The van der Waals surface area contributed by atoms with E-state index in [2.05, 4.69) is 18.0 Å². The molecule has 0 amide bonds. The van der Waals surface area contributed by atoms with E-state index in [-0.39, 0.29) is 0 Å². The Morgan fingerprint density at radius 2 is 2.08 bits per heavy atom. The molecule has 13 heavy (non-hydrogen) atoms. The molecule has 0 atom stereocenters. The van der Waals surface area contributed by atoms with E-state index in [9.17, 15) is 0 Å². The van der Waals surface area contributed by atoms with Gasteiger partial charge in [0, 0.05) is 24.1 Å². The van der Waals surface area contributed by atoms with E-state index in [1.165, 1.54) is 11.1 Å². The number of nitrogens with zero attached hydrogens (tertiary/aromatic N) is 1. The highest BCUT2D eigenvalue weighted by Crippen LogP contribution is 2.15. The molecule has 0 unspecified atom stereocenters. The van der Waals surface area contributed by atoms with Crippen LogP contribution < -0.4 is 0 Å². The monoisotopic (exact) mass is 179 g/mol. The molecule has 1 aromatic heterocycles. The van der Waals surface area contributed by atoms with Crippen LogP contribution in [-0.2, 0) is 17.8 Å². The number of hydrogen-bond acceptors (Lipinski definition) is 2. The lowest BCUT2D eigenvalue weighted by atomic mass is 10.0. The Kier molecular flexibility index (Phi) is 3.43. The molecule has 0 aliphatic carbocycles. The second kappa shape index (κ2) is 4.38. The summed E-state index contributed by atoms with van der Waals surface area (Å²) in [6, 6.07) is 2.14. The molecule has 1 aromatic rings. The Bertz CT molecular complexity index is 294. The van der Waals surface area contributed by atoms with Gasteiger partial charge in [0.2, 0.25) is 0 Å². The fourth-order valence-electron chi connectivity index (χ4n) is 1.59. The molecular weight excluding hydrogens is 162 g/mol. The zero-order chi connectivity index (χ0) is 9.84. The molecule has 0 aliphatic heterocycles. The van der Waals surface area contributed by atoms with Gasteiger partial charge in [0.1, 0.15) is 0 Å². The van der Waals surface area contributed by atoms with Gasteiger partial charge in [0.15, 0.2) is 0 Å². The molecule has 2 nitrogen and oxygen atoms in total. The Morgan fingerprint density at radius 1 is 1.38 bits per heavy atom. The molecule has 0 spiro atoms. The van der Waals surface area contributed by atoms with Crippen molar-refractivity contribution in [2.45, 2.75) is 33.8 Å². The first-order valence-corrected chi connectivity index (χ1v) is 4.64. The summed E-state index contributed by atoms with van der Waals surface area (Å²) in [5.74, 6) is 0. The van der Waals surface area contributed by atoms with Crippen LogP contribution in [0.25, 0.3) is 0 Å². The number of aryl methyl sites for hydroxylation is 3. The van der Waals surface area contributed by atoms with E-state index in [0.29, 0.717) is 6.61 Å². The largest absolute Gasteiger partial charge is 0.380 e. The summed E-state index contributed by atoms with van der Waals surface area (Å²) < 4.78 is 5.15. The molecule has 0 fully saturated rings. The van der Waals surface area contributed by atoms with E-state index < -0.39 is 0 Å². The van der Waals surface area contributed by atoms with Crippen molar-refractivity contribution in [3.63, 3.8) is 0 Å². The Morgan fingerprint density at radius 3 is 2.62 bits per heavy atom. The lowest BCUT2D eigenvalue weighted by Gasteiger charge is -2.10. The van der Waals surface area contributed by atoms with E-state index >= 15 is 0 Å². The predicted molar refractivity (Wildman–Crippen MR) is 53.8 cm³/mol. The maximum absolute atomic E-state index is 5.15. The van der Waals surface area contributed by atoms with Crippen molar-refractivity contribution in [2.75, 3.05) is 7.11 Å². The minimum Gasteiger partial charge on any atom is -0.380 e. The highest BCUT2D eigenvalue weighted by atomic mass is 16.5. The molecule has 0 radical (unpaired) electrons. The van der Waals surface area contributed by atoms with Gasteiger partial charge in [-0.3, -0.25) is 4.98 Å². The molecule has 0 bridgehead atoms. The van der Waals surface area contributed by atoms with E-state index in [1.807, 2.05) is 13.8 Å². The summed E-state index contributed by atoms with van der Waals surface area (Å²) >= 11 is 0. The summed E-state index contributed by atoms with van der Waals surface area (Å²) in [7, 11) is 1.72. The van der Waals surface area contributed by atoms with Gasteiger partial charge < -0.3 is 4.74 Å². The van der Waals surface area contributed by atoms with Crippen LogP contribution in [0.15, 0.2) is 6.07 Å². The topological polar surface area (TPSA) is 22.1 Å². The number of ether oxygens (including phenoxy) is 1. The third-order valence-electron chi connectivity index (χ3n) is 2.22. The van der Waals surface area contributed by atoms with Crippen LogP contribution in [0.3, 0.4) is 0 Å². The Balaban J connectivity index is 3.13. The molecule has 1 rings (SSSR count). The molecule has 0 saturated heterocycles. The lowest BCUT2D eigenvalue weighted by Crippen LogP contribution is -2.02. The number of methoxy groups -OCH3 is 1. The van der Waals surface area contributed by atoms with Crippen molar-refractivity contribution < 1.29 is 4.74 Å². The van der Waals surface area contributed by atoms with Crippen LogP contribution in [0.4, 0.5) is 0 Å². The number of rotatable bonds is 3. The first-order chi connectivity index (χ1) is 6.19. The average Bonchev–Trinajstić information content (AvgIpc) is 2.09. The number of pyridine rings is 1. The summed E-state index contributed by atoms with van der Waals surface area (Å²) in [5.41, 5.74) is 4.79. The second-order valence-corrected chi connectivity index (χ2v) is 3.27. The average molecular weight is 179 g/mol. The minimum atomic E-state index is 0.669. The van der Waals surface area contributed by atoms with E-state index in [1.54, 1.807) is 7.11 Å². The summed E-state index contributed by atoms with van der Waals surface area (Å²) in [4.78, 5) is 4.42. The van der Waals surface area contributed by atoms with Crippen molar-refractivity contribution >= 4 is 0 Å². The Hall–Kier alpha value is -0.890. The molecule has 0 saturated carbocycles. The van der Waals surface area contributed by atoms with Crippen LogP contribution >= 0.6 is 0 Å². The van der Waals surface area contributed by atoms with Crippen LogP contribution in [0.1, 0.15) is 29.4 Å². The number of aromatic nitrogens is 1. The highest BCUT2D eigenvalue weighted by Gasteiger charge is 2.05. The fraction of sp³-hybridized carbons (Fsp3) is 0.545. The summed E-state index contributed by atoms with van der Waals surface area (Å²) in [6.07, 6.45) is 1.04. The van der Waals surface area contributed by atoms with Crippen molar-refractivity contribution in [1.29, 1.82) is 0 Å². The van der Waals surface area contributed by atoms with Crippen LogP contribution in [0, 0.1) is 13.8 Å². The Labute approximate surface area is 80.0 Å². The third kappa shape index (κ3) is 2.28. The predicted octanol–water partition coefficient (Wildman–Crippen LogP) is 2.41. The number of hydrogen-bond donors (Lipinski definition) is 0. The zero-order valence-corrected chi connectivity index (χ0v) is 8.85. The molecule has 0 N–H and O–H groups in total. The van der Waals surface area contributed by atoms with E-state index in [0.717, 1.165) is 17.8 Å². The molecule has 0 aromatic carbocycles. The van der Waals surface area contributed by atoms with Crippen LogP contribution in [0.5, 0.6) is 0 Å². The second-order valence-electron chi connectivity index (χ2n) is 3.27. The van der Waals surface area contributed by atoms with Gasteiger partial charge in [-0.05, 0) is 31.9 Å². The molecular formula is C11H17NO. The minimum absolute atomic E-state index is 0.669. The normalized spacial score (nSPS) is 10.5. The molecule has 72 valence electrons. The summed E-state index contributed by atoms with van der Waals surface area (Å²) in [6.45, 7) is 6.90. The maximum Gasteiger partial charge on any atom is 0.0733 e. The first kappa shape index (κ1) is 10.2. The molecule has 1 heterocycles. The van der Waals surface area contributed by atoms with Crippen molar-refractivity contribution in [3.8, 4) is 0 Å². The van der Waals surface area contributed by atoms with Gasteiger partial charge in [-0.2, -0.15) is 0 Å². The van der Waals surface area contributed by atoms with Crippen LogP contribution in [0.2, 0.25) is 0 Å². The van der Waals surface area contributed by atoms with Gasteiger partial charge in [-0.25, -0.2) is 0 Å².